The number of amides is 1. The molecule has 44 heavy (non-hydrogen) atoms. The molecule has 1 saturated carbocycles. The number of aromatic nitrogens is 1. The minimum absolute atomic E-state index is 0.108. The van der Waals surface area contributed by atoms with Crippen molar-refractivity contribution >= 4 is 22.8 Å². The molecule has 0 bridgehead atoms. The van der Waals surface area contributed by atoms with E-state index < -0.39 is 38.8 Å². The molecule has 1 unspecified atom stereocenters. The Morgan fingerprint density at radius 2 is 1.80 bits per heavy atom. The first-order chi connectivity index (χ1) is 20.7. The van der Waals surface area contributed by atoms with Crippen LogP contribution in [0.5, 0.6) is 0 Å². The summed E-state index contributed by atoms with van der Waals surface area (Å²) in [6.07, 6.45) is 8.56. The highest BCUT2D eigenvalue weighted by molar-refractivity contribution is 7.84. The molecular formula is C34H51FN4O4S. The zero-order valence-corrected chi connectivity index (χ0v) is 28.3. The van der Waals surface area contributed by atoms with Crippen molar-refractivity contribution in [3.05, 3.63) is 59.7 Å². The second-order valence-electron chi connectivity index (χ2n) is 14.2. The summed E-state index contributed by atoms with van der Waals surface area (Å²) in [7, 11) is -1.40. The number of carbonyl (C=O) groups is 1. The number of hydrogen-bond donors (Lipinski definition) is 2. The highest BCUT2D eigenvalue weighted by atomic mass is 32.2. The third kappa shape index (κ3) is 9.01. The lowest BCUT2D eigenvalue weighted by Gasteiger charge is -2.38. The predicted octanol–water partition coefficient (Wildman–Crippen LogP) is 6.92. The maximum absolute atomic E-state index is 15.4. The Kier molecular flexibility index (Phi) is 11.1. The van der Waals surface area contributed by atoms with Crippen molar-refractivity contribution in [1.29, 1.82) is 0 Å². The van der Waals surface area contributed by atoms with Crippen molar-refractivity contribution in [3.63, 3.8) is 0 Å². The number of halogens is 1. The van der Waals surface area contributed by atoms with Crippen LogP contribution >= 0.6 is 0 Å². The van der Waals surface area contributed by atoms with Gasteiger partial charge in [-0.05, 0) is 109 Å². The zero-order chi connectivity index (χ0) is 32.1. The number of rotatable bonds is 13. The number of carbonyl (C=O) groups excluding carboxylic acids is 1. The average Bonchev–Trinajstić information content (AvgIpc) is 3.70. The summed E-state index contributed by atoms with van der Waals surface area (Å²) in [4.78, 5) is 19.1. The maximum Gasteiger partial charge on any atom is 0.410 e. The number of likely N-dealkylation sites (tertiary alicyclic amines) is 1. The Morgan fingerprint density at radius 3 is 2.41 bits per heavy atom. The van der Waals surface area contributed by atoms with Crippen molar-refractivity contribution in [1.82, 2.24) is 14.6 Å². The summed E-state index contributed by atoms with van der Waals surface area (Å²) < 4.78 is 43.8. The van der Waals surface area contributed by atoms with Gasteiger partial charge in [-0.1, -0.05) is 25.8 Å². The molecule has 1 saturated heterocycles. The lowest BCUT2D eigenvalue weighted by atomic mass is 9.79. The molecule has 244 valence electrons. The van der Waals surface area contributed by atoms with Gasteiger partial charge in [-0.25, -0.2) is 18.1 Å². The second kappa shape index (κ2) is 14.3. The van der Waals surface area contributed by atoms with Gasteiger partial charge in [0.15, 0.2) is 0 Å². The third-order valence-electron chi connectivity index (χ3n) is 8.17. The summed E-state index contributed by atoms with van der Waals surface area (Å²) in [5.41, 5.74) is 0.645. The standard InChI is InChI=1S/C34H51FN4O4S/c1-8-19-42-28-21-27(39(23-28)31(40)43-32(2,3)4)22-37-30-20-26(11-12-29(30)35)34(16-13-24-9-10-24,25-14-17-36-18-15-25)38-44(41)33(5,6)7/h11-12,14-15,17-18,20,24,27-28,37-38H,8-10,13,16,19,21-23H2,1-7H3/t27-,28-,34?,44-/m1/s1. The molecule has 2 aromatic rings. The van der Waals surface area contributed by atoms with E-state index >= 15 is 4.39 Å². The van der Waals surface area contributed by atoms with Crippen LogP contribution in [0.15, 0.2) is 42.7 Å². The van der Waals surface area contributed by atoms with E-state index in [4.69, 9.17) is 9.47 Å². The molecule has 2 aliphatic rings. The fourth-order valence-electron chi connectivity index (χ4n) is 5.57. The smallest absolute Gasteiger partial charge is 0.410 e. The van der Waals surface area contributed by atoms with Crippen LogP contribution < -0.4 is 10.0 Å². The van der Waals surface area contributed by atoms with E-state index in [2.05, 4.69) is 21.9 Å². The van der Waals surface area contributed by atoms with Gasteiger partial charge in [-0.3, -0.25) is 4.98 Å². The SMILES string of the molecule is CCCO[C@@H]1C[C@H](CNc2cc(C(CCC3CC3)(N[S@](=O)C(C)(C)C)c3ccncc3)ccc2F)N(C(=O)OC(C)(C)C)C1. The lowest BCUT2D eigenvalue weighted by molar-refractivity contribution is 0.0174. The topological polar surface area (TPSA) is 92.8 Å². The molecule has 1 amide bonds. The summed E-state index contributed by atoms with van der Waals surface area (Å²) in [6, 6.07) is 8.75. The van der Waals surface area contributed by atoms with Crippen molar-refractivity contribution in [3.8, 4) is 0 Å². The largest absolute Gasteiger partial charge is 0.444 e. The average molecular weight is 631 g/mol. The number of pyridine rings is 1. The fraction of sp³-hybridized carbons (Fsp3) is 0.647. The fourth-order valence-corrected chi connectivity index (χ4v) is 6.53. The Balaban J connectivity index is 1.65. The molecule has 1 aromatic heterocycles. The van der Waals surface area contributed by atoms with Gasteiger partial charge in [-0.2, -0.15) is 0 Å². The summed E-state index contributed by atoms with van der Waals surface area (Å²) in [5, 5.41) is 3.31. The van der Waals surface area contributed by atoms with E-state index in [0.29, 0.717) is 44.1 Å². The van der Waals surface area contributed by atoms with Gasteiger partial charge in [0.1, 0.15) is 11.4 Å². The van der Waals surface area contributed by atoms with Gasteiger partial charge in [0.25, 0.3) is 0 Å². The van der Waals surface area contributed by atoms with E-state index in [1.807, 2.05) is 59.7 Å². The van der Waals surface area contributed by atoms with Gasteiger partial charge < -0.3 is 19.7 Å². The first-order valence-corrected chi connectivity index (χ1v) is 17.1. The number of anilines is 1. The van der Waals surface area contributed by atoms with Gasteiger partial charge in [0.2, 0.25) is 0 Å². The molecule has 0 spiro atoms. The monoisotopic (exact) mass is 630 g/mol. The van der Waals surface area contributed by atoms with Crippen molar-refractivity contribution in [2.24, 2.45) is 5.92 Å². The van der Waals surface area contributed by atoms with Crippen molar-refractivity contribution < 1.29 is 22.9 Å². The summed E-state index contributed by atoms with van der Waals surface area (Å²) in [5.74, 6) is 0.250. The number of nitrogens with one attached hydrogen (secondary N) is 2. The molecule has 8 nitrogen and oxygen atoms in total. The molecule has 4 rings (SSSR count). The molecule has 0 radical (unpaired) electrons. The number of hydrogen-bond acceptors (Lipinski definition) is 6. The summed E-state index contributed by atoms with van der Waals surface area (Å²) in [6.45, 7) is 14.8. The van der Waals surface area contributed by atoms with Gasteiger partial charge >= 0.3 is 6.09 Å². The van der Waals surface area contributed by atoms with Crippen LogP contribution in [0.4, 0.5) is 14.9 Å². The summed E-state index contributed by atoms with van der Waals surface area (Å²) >= 11 is 0. The Morgan fingerprint density at radius 1 is 1.09 bits per heavy atom. The van der Waals surface area contributed by atoms with E-state index in [0.717, 1.165) is 24.0 Å². The lowest BCUT2D eigenvalue weighted by Crippen LogP contribution is -2.49. The van der Waals surface area contributed by atoms with Crippen LogP contribution in [0, 0.1) is 11.7 Å². The van der Waals surface area contributed by atoms with E-state index in [9.17, 15) is 9.00 Å². The third-order valence-corrected chi connectivity index (χ3v) is 9.82. The van der Waals surface area contributed by atoms with Crippen molar-refractivity contribution in [2.45, 2.75) is 115 Å². The minimum atomic E-state index is -1.40. The van der Waals surface area contributed by atoms with Crippen LogP contribution in [0.1, 0.15) is 98.1 Å². The first-order valence-electron chi connectivity index (χ1n) is 16.0. The van der Waals surface area contributed by atoms with Crippen LogP contribution in [0.25, 0.3) is 0 Å². The minimum Gasteiger partial charge on any atom is -0.444 e. The normalized spacial score (nSPS) is 21.1. The van der Waals surface area contributed by atoms with E-state index in [1.165, 1.54) is 18.9 Å². The Labute approximate surface area is 265 Å². The van der Waals surface area contributed by atoms with Gasteiger partial charge in [0.05, 0.1) is 45.6 Å². The van der Waals surface area contributed by atoms with E-state index in [-0.39, 0.29) is 12.1 Å². The van der Waals surface area contributed by atoms with Crippen molar-refractivity contribution in [2.75, 3.05) is 25.0 Å². The maximum atomic E-state index is 15.4. The number of ether oxygens (including phenoxy) is 2. The molecule has 2 fully saturated rings. The molecule has 1 aliphatic carbocycles. The van der Waals surface area contributed by atoms with Gasteiger partial charge in [-0.15, -0.1) is 0 Å². The first kappa shape index (κ1) is 34.3. The second-order valence-corrected chi connectivity index (χ2v) is 16.2. The molecule has 2 heterocycles. The molecule has 10 heteroatoms. The Hall–Kier alpha value is -2.56. The van der Waals surface area contributed by atoms with Crippen LogP contribution in [-0.4, -0.2) is 62.4 Å². The molecule has 1 aromatic carbocycles. The number of benzene rings is 1. The molecule has 2 N–H and O–H groups in total. The molecule has 1 aliphatic heterocycles. The predicted molar refractivity (Wildman–Crippen MR) is 174 cm³/mol. The molecular weight excluding hydrogens is 579 g/mol. The highest BCUT2D eigenvalue weighted by Crippen LogP contribution is 2.42. The number of nitrogens with zero attached hydrogens (tertiary/aromatic N) is 2. The van der Waals surface area contributed by atoms with Crippen LogP contribution in [0.2, 0.25) is 0 Å². The highest BCUT2D eigenvalue weighted by Gasteiger charge is 2.41. The quantitative estimate of drug-likeness (QED) is 0.250. The zero-order valence-electron chi connectivity index (χ0n) is 27.5. The van der Waals surface area contributed by atoms with Gasteiger partial charge in [0, 0.05) is 25.5 Å². The molecule has 4 atom stereocenters. The van der Waals surface area contributed by atoms with Crippen LogP contribution in [-0.2, 0) is 26.0 Å². The van der Waals surface area contributed by atoms with Crippen LogP contribution in [0.3, 0.4) is 0 Å². The Bertz CT molecular complexity index is 1280. The van der Waals surface area contributed by atoms with E-state index in [1.54, 1.807) is 23.4 Å².